The Hall–Kier alpha value is -1.58. The first-order chi connectivity index (χ1) is 9.43. The molecule has 0 saturated heterocycles. The van der Waals surface area contributed by atoms with Gasteiger partial charge in [0.1, 0.15) is 0 Å². The lowest BCUT2D eigenvalue weighted by atomic mass is 9.91. The van der Waals surface area contributed by atoms with Crippen molar-refractivity contribution in [2.45, 2.75) is 12.3 Å². The predicted octanol–water partition coefficient (Wildman–Crippen LogP) is 3.45. The third-order valence-electron chi connectivity index (χ3n) is 3.39. The molecule has 0 spiro atoms. The summed E-state index contributed by atoms with van der Waals surface area (Å²) >= 11 is 0. The molecule has 0 radical (unpaired) electrons. The molecule has 1 atom stereocenters. The second kappa shape index (κ2) is 8.65. The van der Waals surface area contributed by atoms with Crippen molar-refractivity contribution in [1.82, 2.24) is 10.3 Å². The zero-order valence-electron chi connectivity index (χ0n) is 11.6. The smallest absolute Gasteiger partial charge is 0.0974 e. The molecule has 1 aliphatic heterocycles. The van der Waals surface area contributed by atoms with Crippen LogP contribution in [-0.2, 0) is 0 Å². The number of aliphatic imine (C=N–C) groups is 1. The standard InChI is InChI=1S/C16H17N3.2ClH/c1-2-6-13(7-3-1)14(12-16-18-10-11-19-16)15-8-4-5-9-17-15;;/h1-9,14H,10-12H2,(H,18,19);2*1H. The van der Waals surface area contributed by atoms with Crippen LogP contribution in [-0.4, -0.2) is 23.9 Å². The highest BCUT2D eigenvalue weighted by atomic mass is 35.5. The first-order valence-electron chi connectivity index (χ1n) is 6.66. The quantitative estimate of drug-likeness (QED) is 0.935. The van der Waals surface area contributed by atoms with Crippen molar-refractivity contribution < 1.29 is 0 Å². The van der Waals surface area contributed by atoms with Crippen LogP contribution in [0.2, 0.25) is 0 Å². The lowest BCUT2D eigenvalue weighted by Gasteiger charge is -2.17. The van der Waals surface area contributed by atoms with Crippen LogP contribution in [0.1, 0.15) is 23.6 Å². The molecule has 1 aromatic heterocycles. The maximum Gasteiger partial charge on any atom is 0.0974 e. The summed E-state index contributed by atoms with van der Waals surface area (Å²) in [6.07, 6.45) is 2.75. The van der Waals surface area contributed by atoms with Gasteiger partial charge in [0.15, 0.2) is 0 Å². The SMILES string of the molecule is Cl.Cl.c1ccc(C(CC2=NCCN2)c2ccccn2)cc1. The molecule has 0 fully saturated rings. The Bertz CT molecular complexity index is 519. The molecule has 21 heavy (non-hydrogen) atoms. The minimum Gasteiger partial charge on any atom is -0.372 e. The summed E-state index contributed by atoms with van der Waals surface area (Å²) in [7, 11) is 0. The van der Waals surface area contributed by atoms with E-state index in [9.17, 15) is 0 Å². The van der Waals surface area contributed by atoms with Gasteiger partial charge < -0.3 is 5.32 Å². The zero-order chi connectivity index (χ0) is 12.9. The van der Waals surface area contributed by atoms with Crippen molar-refractivity contribution in [3.05, 3.63) is 66.0 Å². The predicted molar refractivity (Wildman–Crippen MR) is 91.9 cm³/mol. The molecular formula is C16H19Cl2N3. The fraction of sp³-hybridized carbons (Fsp3) is 0.250. The lowest BCUT2D eigenvalue weighted by Crippen LogP contribution is -2.21. The van der Waals surface area contributed by atoms with Crippen LogP contribution in [0.5, 0.6) is 0 Å². The zero-order valence-corrected chi connectivity index (χ0v) is 13.2. The summed E-state index contributed by atoms with van der Waals surface area (Å²) in [5, 5.41) is 3.35. The van der Waals surface area contributed by atoms with E-state index in [4.69, 9.17) is 0 Å². The van der Waals surface area contributed by atoms with Gasteiger partial charge in [-0.15, -0.1) is 24.8 Å². The number of nitrogens with one attached hydrogen (secondary N) is 1. The van der Waals surface area contributed by atoms with E-state index in [-0.39, 0.29) is 30.7 Å². The molecule has 0 bridgehead atoms. The Balaban J connectivity index is 0.00000110. The monoisotopic (exact) mass is 323 g/mol. The van der Waals surface area contributed by atoms with Crippen molar-refractivity contribution in [2.24, 2.45) is 4.99 Å². The number of amidine groups is 1. The van der Waals surface area contributed by atoms with Gasteiger partial charge in [0.2, 0.25) is 0 Å². The highest BCUT2D eigenvalue weighted by Crippen LogP contribution is 2.26. The molecule has 1 aromatic carbocycles. The number of nitrogens with zero attached hydrogens (tertiary/aromatic N) is 2. The average molecular weight is 324 g/mol. The molecule has 5 heteroatoms. The van der Waals surface area contributed by atoms with E-state index in [1.165, 1.54) is 5.56 Å². The molecule has 112 valence electrons. The second-order valence-corrected chi connectivity index (χ2v) is 4.68. The Morgan fingerprint density at radius 2 is 1.76 bits per heavy atom. The molecule has 0 aliphatic carbocycles. The molecule has 3 rings (SSSR count). The van der Waals surface area contributed by atoms with Gasteiger partial charge in [-0.2, -0.15) is 0 Å². The van der Waals surface area contributed by atoms with Crippen LogP contribution in [0.25, 0.3) is 0 Å². The van der Waals surface area contributed by atoms with Gasteiger partial charge in [0.25, 0.3) is 0 Å². The summed E-state index contributed by atoms with van der Waals surface area (Å²) in [6, 6.07) is 16.6. The molecule has 1 unspecified atom stereocenters. The average Bonchev–Trinajstić information content (AvgIpc) is 3.00. The van der Waals surface area contributed by atoms with Gasteiger partial charge in [0.05, 0.1) is 12.4 Å². The lowest BCUT2D eigenvalue weighted by molar-refractivity contribution is 0.801. The number of aromatic nitrogens is 1. The van der Waals surface area contributed by atoms with E-state index in [0.717, 1.165) is 31.0 Å². The van der Waals surface area contributed by atoms with Crippen LogP contribution < -0.4 is 5.32 Å². The number of pyridine rings is 1. The molecule has 3 nitrogen and oxygen atoms in total. The number of rotatable bonds is 4. The van der Waals surface area contributed by atoms with E-state index in [1.54, 1.807) is 0 Å². The second-order valence-electron chi connectivity index (χ2n) is 4.68. The van der Waals surface area contributed by atoms with Crippen LogP contribution in [0.3, 0.4) is 0 Å². The summed E-state index contributed by atoms with van der Waals surface area (Å²) in [5.74, 6) is 1.37. The van der Waals surface area contributed by atoms with Crippen molar-refractivity contribution in [2.75, 3.05) is 13.1 Å². The molecule has 2 aromatic rings. The highest BCUT2D eigenvalue weighted by molar-refractivity contribution is 5.85. The van der Waals surface area contributed by atoms with Gasteiger partial charge in [-0.25, -0.2) is 0 Å². The molecule has 2 heterocycles. The van der Waals surface area contributed by atoms with Crippen molar-refractivity contribution >= 4 is 30.6 Å². The largest absolute Gasteiger partial charge is 0.372 e. The normalized spacial score (nSPS) is 14.2. The van der Waals surface area contributed by atoms with Gasteiger partial charge in [-0.1, -0.05) is 36.4 Å². The topological polar surface area (TPSA) is 37.3 Å². The van der Waals surface area contributed by atoms with E-state index >= 15 is 0 Å². The summed E-state index contributed by atoms with van der Waals surface area (Å²) in [6.45, 7) is 1.85. The maximum absolute atomic E-state index is 4.51. The number of hydrogen-bond acceptors (Lipinski definition) is 3. The molecule has 0 saturated carbocycles. The fourth-order valence-corrected chi connectivity index (χ4v) is 2.44. The third kappa shape index (κ3) is 4.45. The van der Waals surface area contributed by atoms with Crippen LogP contribution in [0.4, 0.5) is 0 Å². The minimum atomic E-state index is 0. The van der Waals surface area contributed by atoms with E-state index in [1.807, 2.05) is 24.4 Å². The fourth-order valence-electron chi connectivity index (χ4n) is 2.44. The number of benzene rings is 1. The number of halogens is 2. The summed E-state index contributed by atoms with van der Waals surface area (Å²) in [5.41, 5.74) is 2.39. The number of hydrogen-bond donors (Lipinski definition) is 1. The first kappa shape index (κ1) is 17.5. The minimum absolute atomic E-state index is 0. The third-order valence-corrected chi connectivity index (χ3v) is 3.39. The summed E-state index contributed by atoms with van der Waals surface area (Å²) in [4.78, 5) is 9.02. The molecule has 1 N–H and O–H groups in total. The van der Waals surface area contributed by atoms with Gasteiger partial charge in [-0.05, 0) is 17.7 Å². The molecule has 1 aliphatic rings. The Labute approximate surface area is 137 Å². The van der Waals surface area contributed by atoms with Crippen molar-refractivity contribution in [3.8, 4) is 0 Å². The van der Waals surface area contributed by atoms with E-state index in [2.05, 4.69) is 45.6 Å². The first-order valence-corrected chi connectivity index (χ1v) is 6.66. The molecular weight excluding hydrogens is 305 g/mol. The van der Waals surface area contributed by atoms with E-state index < -0.39 is 0 Å². The Morgan fingerprint density at radius 1 is 1.00 bits per heavy atom. The van der Waals surface area contributed by atoms with Crippen LogP contribution >= 0.6 is 24.8 Å². The maximum atomic E-state index is 4.51. The van der Waals surface area contributed by atoms with Crippen LogP contribution in [0.15, 0.2) is 59.7 Å². The highest BCUT2D eigenvalue weighted by Gasteiger charge is 2.19. The molecule has 0 amide bonds. The summed E-state index contributed by atoms with van der Waals surface area (Å²) < 4.78 is 0. The van der Waals surface area contributed by atoms with Crippen molar-refractivity contribution in [3.63, 3.8) is 0 Å². The van der Waals surface area contributed by atoms with E-state index in [0.29, 0.717) is 0 Å². The Morgan fingerprint density at radius 3 is 2.38 bits per heavy atom. The van der Waals surface area contributed by atoms with Gasteiger partial charge in [0, 0.05) is 30.8 Å². The van der Waals surface area contributed by atoms with Gasteiger partial charge in [-0.3, -0.25) is 9.98 Å². The van der Waals surface area contributed by atoms with Gasteiger partial charge >= 0.3 is 0 Å². The van der Waals surface area contributed by atoms with Crippen LogP contribution in [0, 0.1) is 0 Å². The van der Waals surface area contributed by atoms with Crippen molar-refractivity contribution in [1.29, 1.82) is 0 Å². The Kier molecular flexibility index (Phi) is 7.20.